The molecular formula is C22H22N2O5S. The zero-order valence-corrected chi connectivity index (χ0v) is 17.5. The van der Waals surface area contributed by atoms with Crippen molar-refractivity contribution >= 4 is 44.0 Å². The third kappa shape index (κ3) is 4.96. The van der Waals surface area contributed by atoms with Crippen LogP contribution >= 0.6 is 0 Å². The topological polar surface area (TPSA) is 92.8 Å². The molecule has 0 spiro atoms. The van der Waals surface area contributed by atoms with Crippen LogP contribution in [0.4, 0.5) is 11.4 Å². The summed E-state index contributed by atoms with van der Waals surface area (Å²) in [7, 11) is -3.71. The number of benzene rings is 3. The molecule has 7 nitrogen and oxygen atoms in total. The normalized spacial score (nSPS) is 11.1. The van der Waals surface area contributed by atoms with Crippen LogP contribution in [-0.4, -0.2) is 39.7 Å². The first-order valence-corrected chi connectivity index (χ1v) is 11.2. The number of ether oxygens (including phenoxy) is 1. The molecule has 0 bridgehead atoms. The van der Waals surface area contributed by atoms with Gasteiger partial charge in [0.05, 0.1) is 24.1 Å². The second kappa shape index (κ2) is 8.96. The highest BCUT2D eigenvalue weighted by molar-refractivity contribution is 7.92. The minimum absolute atomic E-state index is 0.271. The Labute approximate surface area is 175 Å². The zero-order valence-electron chi connectivity index (χ0n) is 16.7. The monoisotopic (exact) mass is 426 g/mol. The lowest BCUT2D eigenvalue weighted by atomic mass is 10.1. The van der Waals surface area contributed by atoms with Gasteiger partial charge in [0.25, 0.3) is 0 Å². The molecule has 0 atom stereocenters. The van der Waals surface area contributed by atoms with Crippen LogP contribution in [0.15, 0.2) is 66.7 Å². The van der Waals surface area contributed by atoms with Crippen molar-refractivity contribution in [3.63, 3.8) is 0 Å². The molecule has 30 heavy (non-hydrogen) atoms. The van der Waals surface area contributed by atoms with E-state index >= 15 is 0 Å². The lowest BCUT2D eigenvalue weighted by molar-refractivity contribution is -0.114. The molecule has 0 radical (unpaired) electrons. The molecule has 0 aromatic heterocycles. The molecule has 0 aliphatic rings. The van der Waals surface area contributed by atoms with Crippen LogP contribution in [0.1, 0.15) is 17.3 Å². The number of amides is 1. The number of hydrogen-bond acceptors (Lipinski definition) is 5. The van der Waals surface area contributed by atoms with Crippen LogP contribution < -0.4 is 9.62 Å². The molecule has 8 heteroatoms. The SMILES string of the molecule is CCOC(=O)c1ccc(NC(=O)CN(c2cccc3ccccc23)S(C)(=O)=O)cc1. The Kier molecular flexibility index (Phi) is 6.37. The summed E-state index contributed by atoms with van der Waals surface area (Å²) < 4.78 is 30.9. The number of nitrogens with zero attached hydrogens (tertiary/aromatic N) is 1. The molecule has 0 heterocycles. The highest BCUT2D eigenvalue weighted by Crippen LogP contribution is 2.28. The number of nitrogens with one attached hydrogen (secondary N) is 1. The lowest BCUT2D eigenvalue weighted by Gasteiger charge is -2.23. The van der Waals surface area contributed by atoms with E-state index in [0.29, 0.717) is 16.9 Å². The third-order valence-corrected chi connectivity index (χ3v) is 5.53. The second-order valence-electron chi connectivity index (χ2n) is 6.61. The van der Waals surface area contributed by atoms with E-state index in [0.717, 1.165) is 21.3 Å². The van der Waals surface area contributed by atoms with E-state index in [1.165, 1.54) is 12.1 Å². The predicted octanol–water partition coefficient (Wildman–Crippen LogP) is 3.42. The summed E-state index contributed by atoms with van der Waals surface area (Å²) in [5.41, 5.74) is 1.24. The summed E-state index contributed by atoms with van der Waals surface area (Å²) in [6, 6.07) is 18.9. The zero-order chi connectivity index (χ0) is 21.7. The van der Waals surface area contributed by atoms with Crippen LogP contribution in [0.2, 0.25) is 0 Å². The van der Waals surface area contributed by atoms with E-state index in [9.17, 15) is 18.0 Å². The van der Waals surface area contributed by atoms with Gasteiger partial charge in [-0.3, -0.25) is 9.10 Å². The van der Waals surface area contributed by atoms with E-state index in [2.05, 4.69) is 5.32 Å². The quantitative estimate of drug-likeness (QED) is 0.585. The van der Waals surface area contributed by atoms with Gasteiger partial charge in [-0.2, -0.15) is 0 Å². The van der Waals surface area contributed by atoms with Crippen LogP contribution in [0.5, 0.6) is 0 Å². The average Bonchev–Trinajstić information content (AvgIpc) is 2.71. The molecule has 156 valence electrons. The Hall–Kier alpha value is -3.39. The van der Waals surface area contributed by atoms with Gasteiger partial charge in [-0.15, -0.1) is 0 Å². The summed E-state index contributed by atoms with van der Waals surface area (Å²) >= 11 is 0. The molecule has 1 amide bonds. The van der Waals surface area contributed by atoms with Gasteiger partial charge in [0.1, 0.15) is 6.54 Å². The molecule has 3 aromatic rings. The standard InChI is InChI=1S/C22H22N2O5S/c1-3-29-22(26)17-11-13-18(14-12-17)23-21(25)15-24(30(2,27)28)20-10-6-8-16-7-4-5-9-19(16)20/h4-14H,3,15H2,1-2H3,(H,23,25). The molecular weight excluding hydrogens is 404 g/mol. The lowest BCUT2D eigenvalue weighted by Crippen LogP contribution is -2.37. The maximum Gasteiger partial charge on any atom is 0.338 e. The number of rotatable bonds is 7. The molecule has 3 aromatic carbocycles. The fourth-order valence-corrected chi connectivity index (χ4v) is 3.91. The molecule has 0 aliphatic heterocycles. The molecule has 3 rings (SSSR count). The van der Waals surface area contributed by atoms with E-state index in [1.807, 2.05) is 30.3 Å². The van der Waals surface area contributed by atoms with Crippen molar-refractivity contribution in [2.24, 2.45) is 0 Å². The molecule has 0 saturated carbocycles. The highest BCUT2D eigenvalue weighted by Gasteiger charge is 2.22. The van der Waals surface area contributed by atoms with Crippen LogP contribution in [0.3, 0.4) is 0 Å². The van der Waals surface area contributed by atoms with Gasteiger partial charge in [-0.1, -0.05) is 36.4 Å². The number of esters is 1. The van der Waals surface area contributed by atoms with Crippen molar-refractivity contribution in [3.05, 3.63) is 72.3 Å². The number of sulfonamides is 1. The van der Waals surface area contributed by atoms with Gasteiger partial charge in [0.15, 0.2) is 0 Å². The summed E-state index contributed by atoms with van der Waals surface area (Å²) in [5, 5.41) is 4.27. The largest absolute Gasteiger partial charge is 0.462 e. The van der Waals surface area contributed by atoms with Crippen molar-refractivity contribution in [1.82, 2.24) is 0 Å². The number of fused-ring (bicyclic) bond motifs is 1. The minimum Gasteiger partial charge on any atom is -0.462 e. The van der Waals surface area contributed by atoms with Gasteiger partial charge in [0, 0.05) is 11.1 Å². The van der Waals surface area contributed by atoms with Gasteiger partial charge in [-0.05, 0) is 42.6 Å². The molecule has 0 saturated heterocycles. The molecule has 0 aliphatic carbocycles. The minimum atomic E-state index is -3.71. The Morgan fingerprint density at radius 3 is 2.30 bits per heavy atom. The summed E-state index contributed by atoms with van der Waals surface area (Å²) in [5.74, 6) is -0.952. The fourth-order valence-electron chi connectivity index (χ4n) is 3.04. The fraction of sp³-hybridized carbons (Fsp3) is 0.182. The van der Waals surface area contributed by atoms with Crippen molar-refractivity contribution in [3.8, 4) is 0 Å². The number of carbonyl (C=O) groups is 2. The average molecular weight is 426 g/mol. The Balaban J connectivity index is 1.81. The first-order chi connectivity index (χ1) is 14.3. The van der Waals surface area contributed by atoms with E-state index in [-0.39, 0.29) is 13.2 Å². The molecule has 0 fully saturated rings. The van der Waals surface area contributed by atoms with Crippen molar-refractivity contribution in [2.75, 3.05) is 29.0 Å². The van der Waals surface area contributed by atoms with Crippen molar-refractivity contribution < 1.29 is 22.7 Å². The van der Waals surface area contributed by atoms with Crippen LogP contribution in [0.25, 0.3) is 10.8 Å². The number of anilines is 2. The first-order valence-electron chi connectivity index (χ1n) is 9.32. The van der Waals surface area contributed by atoms with E-state index < -0.39 is 21.9 Å². The summed E-state index contributed by atoms with van der Waals surface area (Å²) in [4.78, 5) is 24.3. The van der Waals surface area contributed by atoms with Gasteiger partial charge in [0.2, 0.25) is 15.9 Å². The maximum atomic E-state index is 12.6. The van der Waals surface area contributed by atoms with E-state index in [4.69, 9.17) is 4.74 Å². The Morgan fingerprint density at radius 2 is 1.63 bits per heavy atom. The predicted molar refractivity (Wildman–Crippen MR) is 117 cm³/mol. The maximum absolute atomic E-state index is 12.6. The highest BCUT2D eigenvalue weighted by atomic mass is 32.2. The van der Waals surface area contributed by atoms with Crippen LogP contribution in [-0.2, 0) is 19.6 Å². The first kappa shape index (κ1) is 21.3. The van der Waals surface area contributed by atoms with Gasteiger partial charge < -0.3 is 10.1 Å². The van der Waals surface area contributed by atoms with Gasteiger partial charge >= 0.3 is 5.97 Å². The third-order valence-electron chi connectivity index (χ3n) is 4.40. The molecule has 0 unspecified atom stereocenters. The molecule has 1 N–H and O–H groups in total. The van der Waals surface area contributed by atoms with Crippen LogP contribution in [0, 0.1) is 0 Å². The van der Waals surface area contributed by atoms with E-state index in [1.54, 1.807) is 31.2 Å². The smallest absolute Gasteiger partial charge is 0.338 e. The Morgan fingerprint density at radius 1 is 0.967 bits per heavy atom. The summed E-state index contributed by atoms with van der Waals surface area (Å²) in [6.07, 6.45) is 1.07. The van der Waals surface area contributed by atoms with Gasteiger partial charge in [-0.25, -0.2) is 13.2 Å². The number of carbonyl (C=O) groups excluding carboxylic acids is 2. The van der Waals surface area contributed by atoms with Crippen molar-refractivity contribution in [2.45, 2.75) is 6.92 Å². The second-order valence-corrected chi connectivity index (χ2v) is 8.52. The summed E-state index contributed by atoms with van der Waals surface area (Å²) in [6.45, 7) is 1.61. The number of hydrogen-bond donors (Lipinski definition) is 1. The Bertz CT molecular complexity index is 1170. The van der Waals surface area contributed by atoms with Crippen molar-refractivity contribution in [1.29, 1.82) is 0 Å².